The zero-order valence-corrected chi connectivity index (χ0v) is 31.5. The maximum atomic E-state index is 6.86. The van der Waals surface area contributed by atoms with Crippen LogP contribution in [-0.2, 0) is 0 Å². The highest BCUT2D eigenvalue weighted by Gasteiger charge is 2.22. The molecule has 0 aliphatic rings. The zero-order chi connectivity index (χ0) is 38.4. The molecule has 0 spiro atoms. The van der Waals surface area contributed by atoms with E-state index >= 15 is 0 Å². The monoisotopic (exact) mass is 741 g/mol. The van der Waals surface area contributed by atoms with Gasteiger partial charge in [0.1, 0.15) is 11.2 Å². The van der Waals surface area contributed by atoms with Crippen molar-refractivity contribution in [1.29, 1.82) is 0 Å². The number of rotatable bonds is 7. The van der Waals surface area contributed by atoms with Gasteiger partial charge < -0.3 is 9.32 Å². The summed E-state index contributed by atoms with van der Waals surface area (Å²) in [6.07, 6.45) is 0. The summed E-state index contributed by atoms with van der Waals surface area (Å²) in [6, 6.07) is 74.5. The van der Waals surface area contributed by atoms with Crippen LogP contribution in [0, 0.1) is 0 Å². The number of aromatic nitrogens is 2. The smallest absolute Gasteiger partial charge is 0.160 e. The number of furan rings is 1. The fraction of sp³-hybridized carbons (Fsp3) is 0. The predicted molar refractivity (Wildman–Crippen MR) is 241 cm³/mol. The van der Waals surface area contributed by atoms with Gasteiger partial charge in [0.15, 0.2) is 5.82 Å². The van der Waals surface area contributed by atoms with Gasteiger partial charge >= 0.3 is 0 Å². The molecule has 0 N–H and O–H groups in total. The molecule has 272 valence electrons. The van der Waals surface area contributed by atoms with Crippen molar-refractivity contribution in [3.05, 3.63) is 212 Å². The molecule has 0 aliphatic carbocycles. The molecule has 0 saturated heterocycles. The van der Waals surface area contributed by atoms with Crippen LogP contribution in [0.4, 0.5) is 17.1 Å². The lowest BCUT2D eigenvalue weighted by molar-refractivity contribution is 0.669. The first-order valence-corrected chi connectivity index (χ1v) is 19.6. The predicted octanol–water partition coefficient (Wildman–Crippen LogP) is 14.8. The first-order chi connectivity index (χ1) is 28.7. The highest BCUT2D eigenvalue weighted by Crippen LogP contribution is 2.45. The standard InChI is InChI=1S/C54H35N3O/c1-4-15-38(16-5-1)49-35-50(56-54(55-49)39-17-6-2-7-18-39)47-33-46(34-52-53(47)48-31-41-20-12-13-21-42(41)32-51(48)58-52)57(44-22-8-3-9-23-44)45-28-26-37(27-29-45)43-25-24-36-14-10-11-19-40(36)30-43/h1-35H. The van der Waals surface area contributed by atoms with E-state index in [1.165, 1.54) is 16.3 Å². The molecular formula is C54H35N3O. The van der Waals surface area contributed by atoms with E-state index in [0.717, 1.165) is 83.4 Å². The van der Waals surface area contributed by atoms with E-state index in [2.05, 4.69) is 193 Å². The normalized spacial score (nSPS) is 11.4. The summed E-state index contributed by atoms with van der Waals surface area (Å²) in [5.74, 6) is 0.665. The lowest BCUT2D eigenvalue weighted by atomic mass is 9.98. The van der Waals surface area contributed by atoms with Gasteiger partial charge in [-0.3, -0.25) is 0 Å². The molecule has 0 fully saturated rings. The Hall–Kier alpha value is -7.82. The maximum absolute atomic E-state index is 6.86. The Kier molecular flexibility index (Phi) is 8.11. The lowest BCUT2D eigenvalue weighted by Crippen LogP contribution is -2.10. The summed E-state index contributed by atoms with van der Waals surface area (Å²) in [5.41, 5.74) is 11.6. The summed E-state index contributed by atoms with van der Waals surface area (Å²) < 4.78 is 6.86. The highest BCUT2D eigenvalue weighted by atomic mass is 16.3. The third-order valence-electron chi connectivity index (χ3n) is 11.0. The first kappa shape index (κ1) is 33.5. The fourth-order valence-corrected chi connectivity index (χ4v) is 8.16. The zero-order valence-electron chi connectivity index (χ0n) is 31.5. The topological polar surface area (TPSA) is 42.2 Å². The summed E-state index contributed by atoms with van der Waals surface area (Å²) in [7, 11) is 0. The van der Waals surface area contributed by atoms with Gasteiger partial charge in [-0.05, 0) is 87.3 Å². The highest BCUT2D eigenvalue weighted by molar-refractivity contribution is 6.16. The minimum Gasteiger partial charge on any atom is -0.456 e. The van der Waals surface area contributed by atoms with Crippen molar-refractivity contribution in [2.24, 2.45) is 0 Å². The van der Waals surface area contributed by atoms with E-state index in [9.17, 15) is 0 Å². The van der Waals surface area contributed by atoms with E-state index in [1.807, 2.05) is 24.3 Å². The van der Waals surface area contributed by atoms with Crippen molar-refractivity contribution in [2.45, 2.75) is 0 Å². The minimum absolute atomic E-state index is 0.665. The Morgan fingerprint density at radius 2 is 0.914 bits per heavy atom. The van der Waals surface area contributed by atoms with Gasteiger partial charge in [0, 0.05) is 44.9 Å². The molecule has 0 amide bonds. The third kappa shape index (κ3) is 6.05. The Balaban J connectivity index is 1.15. The fourth-order valence-electron chi connectivity index (χ4n) is 8.16. The molecule has 0 unspecified atom stereocenters. The van der Waals surface area contributed by atoms with Gasteiger partial charge in [0.25, 0.3) is 0 Å². The SMILES string of the molecule is c1ccc(-c2cc(-c3cc(N(c4ccccc4)c4ccc(-c5ccc6ccccc6c5)cc4)cc4oc5cc6ccccc6cc5c34)nc(-c3ccccc3)n2)cc1. The summed E-state index contributed by atoms with van der Waals surface area (Å²) >= 11 is 0. The Morgan fingerprint density at radius 3 is 1.64 bits per heavy atom. The number of hydrogen-bond acceptors (Lipinski definition) is 4. The van der Waals surface area contributed by atoms with Crippen LogP contribution in [0.1, 0.15) is 0 Å². The van der Waals surface area contributed by atoms with Crippen molar-refractivity contribution >= 4 is 60.5 Å². The van der Waals surface area contributed by atoms with E-state index in [-0.39, 0.29) is 0 Å². The molecule has 0 bridgehead atoms. The van der Waals surface area contributed by atoms with Crippen molar-refractivity contribution in [3.63, 3.8) is 0 Å². The molecule has 0 aliphatic heterocycles. The summed E-state index contributed by atoms with van der Waals surface area (Å²) in [6.45, 7) is 0. The maximum Gasteiger partial charge on any atom is 0.160 e. The molecule has 4 nitrogen and oxygen atoms in total. The number of para-hydroxylation sites is 1. The number of fused-ring (bicyclic) bond motifs is 5. The lowest BCUT2D eigenvalue weighted by Gasteiger charge is -2.26. The Labute approximate surface area is 335 Å². The molecule has 0 saturated carbocycles. The van der Waals surface area contributed by atoms with Crippen molar-refractivity contribution < 1.29 is 4.42 Å². The molecular weight excluding hydrogens is 707 g/mol. The van der Waals surface area contributed by atoms with Gasteiger partial charge in [-0.15, -0.1) is 0 Å². The van der Waals surface area contributed by atoms with E-state index in [1.54, 1.807) is 0 Å². The number of benzene rings is 9. The number of hydrogen-bond donors (Lipinski definition) is 0. The van der Waals surface area contributed by atoms with Crippen LogP contribution >= 0.6 is 0 Å². The molecule has 11 aromatic rings. The quantitative estimate of drug-likeness (QED) is 0.163. The number of anilines is 3. The molecule has 9 aromatic carbocycles. The molecule has 0 atom stereocenters. The van der Waals surface area contributed by atoms with Crippen LogP contribution in [0.5, 0.6) is 0 Å². The van der Waals surface area contributed by atoms with Gasteiger partial charge in [0.05, 0.1) is 17.1 Å². The molecule has 2 aromatic heterocycles. The van der Waals surface area contributed by atoms with Crippen LogP contribution in [0.3, 0.4) is 0 Å². The van der Waals surface area contributed by atoms with E-state index < -0.39 is 0 Å². The number of nitrogens with zero attached hydrogens (tertiary/aromatic N) is 3. The second kappa shape index (κ2) is 14.0. The average molecular weight is 742 g/mol. The largest absolute Gasteiger partial charge is 0.456 e. The molecule has 0 radical (unpaired) electrons. The second-order valence-electron chi connectivity index (χ2n) is 14.6. The van der Waals surface area contributed by atoms with Crippen molar-refractivity contribution in [3.8, 4) is 45.0 Å². The molecule has 58 heavy (non-hydrogen) atoms. The minimum atomic E-state index is 0.665. The second-order valence-corrected chi connectivity index (χ2v) is 14.6. The molecule has 2 heterocycles. The van der Waals surface area contributed by atoms with Crippen LogP contribution < -0.4 is 4.90 Å². The van der Waals surface area contributed by atoms with Crippen molar-refractivity contribution in [2.75, 3.05) is 4.90 Å². The average Bonchev–Trinajstić information content (AvgIpc) is 3.66. The molecule has 4 heteroatoms. The van der Waals surface area contributed by atoms with Crippen LogP contribution in [0.15, 0.2) is 217 Å². The van der Waals surface area contributed by atoms with Gasteiger partial charge in [-0.2, -0.15) is 0 Å². The first-order valence-electron chi connectivity index (χ1n) is 19.6. The summed E-state index contributed by atoms with van der Waals surface area (Å²) in [5, 5.41) is 6.81. The van der Waals surface area contributed by atoms with Gasteiger partial charge in [-0.1, -0.05) is 152 Å². The van der Waals surface area contributed by atoms with E-state index in [0.29, 0.717) is 5.82 Å². The van der Waals surface area contributed by atoms with Gasteiger partial charge in [0.2, 0.25) is 0 Å². The summed E-state index contributed by atoms with van der Waals surface area (Å²) in [4.78, 5) is 12.8. The third-order valence-corrected chi connectivity index (χ3v) is 11.0. The molecule has 11 rings (SSSR count). The Bertz CT molecular complexity index is 3210. The van der Waals surface area contributed by atoms with Crippen molar-refractivity contribution in [1.82, 2.24) is 9.97 Å². The van der Waals surface area contributed by atoms with Crippen LogP contribution in [-0.4, -0.2) is 9.97 Å². The van der Waals surface area contributed by atoms with E-state index in [4.69, 9.17) is 14.4 Å². The Morgan fingerprint density at radius 1 is 0.345 bits per heavy atom. The van der Waals surface area contributed by atoms with Crippen LogP contribution in [0.25, 0.3) is 88.5 Å². The van der Waals surface area contributed by atoms with Crippen LogP contribution in [0.2, 0.25) is 0 Å². The van der Waals surface area contributed by atoms with Gasteiger partial charge in [-0.25, -0.2) is 9.97 Å².